The number of amides is 2. The largest absolute Gasteiger partial charge is 0.366 e. The summed E-state index contributed by atoms with van der Waals surface area (Å²) in [5, 5.41) is 0. The fourth-order valence-electron chi connectivity index (χ4n) is 2.48. The minimum atomic E-state index is -0.507. The summed E-state index contributed by atoms with van der Waals surface area (Å²) in [5.41, 5.74) is 6.16. The molecule has 2 amide bonds. The number of nitrogens with zero attached hydrogens (tertiary/aromatic N) is 2. The van der Waals surface area contributed by atoms with E-state index in [1.165, 1.54) is 0 Å². The molecule has 1 aliphatic heterocycles. The average molecular weight is 275 g/mol. The van der Waals surface area contributed by atoms with E-state index in [2.05, 4.69) is 11.8 Å². The van der Waals surface area contributed by atoms with Crippen LogP contribution in [0.2, 0.25) is 0 Å². The molecule has 1 aromatic carbocycles. The van der Waals surface area contributed by atoms with E-state index in [1.807, 2.05) is 4.90 Å². The van der Waals surface area contributed by atoms with Gasteiger partial charge in [0.1, 0.15) is 0 Å². The Morgan fingerprint density at radius 1 is 1.15 bits per heavy atom. The Bertz CT molecular complexity index is 502. The molecule has 5 nitrogen and oxygen atoms in total. The highest BCUT2D eigenvalue weighted by Gasteiger charge is 2.20. The van der Waals surface area contributed by atoms with Crippen LogP contribution in [0.4, 0.5) is 0 Å². The van der Waals surface area contributed by atoms with Gasteiger partial charge >= 0.3 is 0 Å². The molecule has 0 unspecified atom stereocenters. The first kappa shape index (κ1) is 14.5. The Kier molecular flexibility index (Phi) is 4.74. The molecule has 0 aliphatic carbocycles. The maximum absolute atomic E-state index is 12.5. The predicted molar refractivity (Wildman–Crippen MR) is 77.6 cm³/mol. The van der Waals surface area contributed by atoms with Gasteiger partial charge in [-0.3, -0.25) is 9.59 Å². The van der Waals surface area contributed by atoms with E-state index in [4.69, 9.17) is 5.73 Å². The number of benzene rings is 1. The third-order valence-electron chi connectivity index (χ3n) is 3.72. The van der Waals surface area contributed by atoms with Crippen LogP contribution < -0.4 is 5.73 Å². The Hall–Kier alpha value is -1.88. The van der Waals surface area contributed by atoms with Crippen molar-refractivity contribution in [2.24, 2.45) is 5.73 Å². The molecule has 1 heterocycles. The molecule has 1 aliphatic rings. The molecule has 108 valence electrons. The second-order valence-corrected chi connectivity index (χ2v) is 5.03. The zero-order valence-electron chi connectivity index (χ0n) is 11.8. The zero-order valence-corrected chi connectivity index (χ0v) is 11.8. The molecule has 1 saturated heterocycles. The number of hydrogen-bond acceptors (Lipinski definition) is 3. The average Bonchev–Trinajstić information content (AvgIpc) is 2.72. The first-order chi connectivity index (χ1) is 9.61. The van der Waals surface area contributed by atoms with E-state index in [0.717, 1.165) is 39.1 Å². The van der Waals surface area contributed by atoms with Crippen LogP contribution in [0, 0.1) is 0 Å². The summed E-state index contributed by atoms with van der Waals surface area (Å²) in [4.78, 5) is 27.9. The van der Waals surface area contributed by atoms with Crippen molar-refractivity contribution < 1.29 is 9.59 Å². The Morgan fingerprint density at radius 2 is 1.90 bits per heavy atom. The number of primary amides is 1. The molecule has 1 aromatic rings. The van der Waals surface area contributed by atoms with Crippen molar-refractivity contribution in [3.05, 3.63) is 35.4 Å². The van der Waals surface area contributed by atoms with Gasteiger partial charge in [-0.25, -0.2) is 0 Å². The maximum Gasteiger partial charge on any atom is 0.253 e. The number of carbonyl (C=O) groups excluding carboxylic acids is 2. The van der Waals surface area contributed by atoms with Gasteiger partial charge in [-0.05, 0) is 37.7 Å². The molecule has 1 fully saturated rings. The van der Waals surface area contributed by atoms with Gasteiger partial charge in [-0.1, -0.05) is 13.0 Å². The monoisotopic (exact) mass is 275 g/mol. The van der Waals surface area contributed by atoms with E-state index in [-0.39, 0.29) is 5.91 Å². The molecule has 0 radical (unpaired) electrons. The summed E-state index contributed by atoms with van der Waals surface area (Å²) in [7, 11) is 0. The van der Waals surface area contributed by atoms with Gasteiger partial charge in [-0.15, -0.1) is 0 Å². The highest BCUT2D eigenvalue weighted by Crippen LogP contribution is 2.11. The van der Waals surface area contributed by atoms with Gasteiger partial charge in [0.15, 0.2) is 0 Å². The molecule has 5 heteroatoms. The molecule has 0 atom stereocenters. The van der Waals surface area contributed by atoms with E-state index in [1.54, 1.807) is 24.3 Å². The quantitative estimate of drug-likeness (QED) is 0.893. The van der Waals surface area contributed by atoms with Crippen molar-refractivity contribution in [3.63, 3.8) is 0 Å². The second-order valence-electron chi connectivity index (χ2n) is 5.03. The van der Waals surface area contributed by atoms with Crippen molar-refractivity contribution >= 4 is 11.8 Å². The van der Waals surface area contributed by atoms with E-state index < -0.39 is 5.91 Å². The van der Waals surface area contributed by atoms with Crippen LogP contribution in [-0.4, -0.2) is 54.3 Å². The van der Waals surface area contributed by atoms with Crippen molar-refractivity contribution in [2.75, 3.05) is 32.7 Å². The molecule has 0 bridgehead atoms. The van der Waals surface area contributed by atoms with Crippen LogP contribution >= 0.6 is 0 Å². The van der Waals surface area contributed by atoms with E-state index >= 15 is 0 Å². The highest BCUT2D eigenvalue weighted by atomic mass is 16.2. The van der Waals surface area contributed by atoms with Gasteiger partial charge < -0.3 is 15.5 Å². The minimum Gasteiger partial charge on any atom is -0.366 e. The summed E-state index contributed by atoms with van der Waals surface area (Å²) >= 11 is 0. The standard InChI is InChI=1S/C15H21N3O2/c1-2-17-7-4-8-18(10-9-17)15(20)13-6-3-5-12(11-13)14(16)19/h3,5-6,11H,2,4,7-10H2,1H3,(H2,16,19). The Labute approximate surface area is 119 Å². The van der Waals surface area contributed by atoms with Gasteiger partial charge in [0, 0.05) is 30.8 Å². The number of likely N-dealkylation sites (N-methyl/N-ethyl adjacent to an activating group) is 1. The third-order valence-corrected chi connectivity index (χ3v) is 3.72. The second kappa shape index (κ2) is 6.52. The topological polar surface area (TPSA) is 66.6 Å². The van der Waals surface area contributed by atoms with Crippen LogP contribution in [0.1, 0.15) is 34.1 Å². The lowest BCUT2D eigenvalue weighted by Crippen LogP contribution is -2.35. The molecule has 2 rings (SSSR count). The van der Waals surface area contributed by atoms with E-state index in [9.17, 15) is 9.59 Å². The molecule has 20 heavy (non-hydrogen) atoms. The number of carbonyl (C=O) groups is 2. The van der Waals surface area contributed by atoms with Crippen molar-refractivity contribution in [1.29, 1.82) is 0 Å². The first-order valence-electron chi connectivity index (χ1n) is 7.03. The van der Waals surface area contributed by atoms with Crippen LogP contribution in [0.3, 0.4) is 0 Å². The van der Waals surface area contributed by atoms with Crippen molar-refractivity contribution in [3.8, 4) is 0 Å². The Morgan fingerprint density at radius 3 is 2.60 bits per heavy atom. The summed E-state index contributed by atoms with van der Waals surface area (Å²) in [5.74, 6) is -0.529. The third kappa shape index (κ3) is 3.36. The molecule has 2 N–H and O–H groups in total. The fourth-order valence-corrected chi connectivity index (χ4v) is 2.48. The van der Waals surface area contributed by atoms with E-state index in [0.29, 0.717) is 11.1 Å². The smallest absolute Gasteiger partial charge is 0.253 e. The molecule has 0 aromatic heterocycles. The lowest BCUT2D eigenvalue weighted by molar-refractivity contribution is 0.0761. The number of nitrogens with two attached hydrogens (primary N) is 1. The van der Waals surface area contributed by atoms with Crippen molar-refractivity contribution in [1.82, 2.24) is 9.80 Å². The highest BCUT2D eigenvalue weighted by molar-refractivity contribution is 5.99. The lowest BCUT2D eigenvalue weighted by atomic mass is 10.1. The van der Waals surface area contributed by atoms with Gasteiger partial charge in [0.2, 0.25) is 5.91 Å². The molecular formula is C15H21N3O2. The van der Waals surface area contributed by atoms with Gasteiger partial charge in [-0.2, -0.15) is 0 Å². The summed E-state index contributed by atoms with van der Waals surface area (Å²) < 4.78 is 0. The van der Waals surface area contributed by atoms with Gasteiger partial charge in [0.25, 0.3) is 5.91 Å². The summed E-state index contributed by atoms with van der Waals surface area (Å²) in [6.07, 6.45) is 0.981. The van der Waals surface area contributed by atoms with Crippen LogP contribution in [-0.2, 0) is 0 Å². The SMILES string of the molecule is CCN1CCCN(C(=O)c2cccc(C(N)=O)c2)CC1. The summed E-state index contributed by atoms with van der Waals surface area (Å²) in [6.45, 7) is 6.57. The maximum atomic E-state index is 12.5. The van der Waals surface area contributed by atoms with Crippen LogP contribution in [0.5, 0.6) is 0 Å². The molecule has 0 saturated carbocycles. The molecule has 0 spiro atoms. The summed E-state index contributed by atoms with van der Waals surface area (Å²) in [6, 6.07) is 6.63. The minimum absolute atomic E-state index is 0.0222. The van der Waals surface area contributed by atoms with Crippen LogP contribution in [0.25, 0.3) is 0 Å². The van der Waals surface area contributed by atoms with Crippen LogP contribution in [0.15, 0.2) is 24.3 Å². The van der Waals surface area contributed by atoms with Crippen molar-refractivity contribution in [2.45, 2.75) is 13.3 Å². The molecular weight excluding hydrogens is 254 g/mol. The number of rotatable bonds is 3. The Balaban J connectivity index is 2.10. The fraction of sp³-hybridized carbons (Fsp3) is 0.467. The first-order valence-corrected chi connectivity index (χ1v) is 7.03. The van der Waals surface area contributed by atoms with Gasteiger partial charge in [0.05, 0.1) is 0 Å². The lowest BCUT2D eigenvalue weighted by Gasteiger charge is -2.21. The predicted octanol–water partition coefficient (Wildman–Crippen LogP) is 0.953. The number of hydrogen-bond donors (Lipinski definition) is 1. The zero-order chi connectivity index (χ0) is 14.5. The normalized spacial score (nSPS) is 16.8.